The van der Waals surface area contributed by atoms with Crippen molar-refractivity contribution in [1.82, 2.24) is 5.32 Å². The van der Waals surface area contributed by atoms with E-state index in [1.54, 1.807) is 0 Å². The van der Waals surface area contributed by atoms with Gasteiger partial charge in [0.25, 0.3) is 0 Å². The Bertz CT molecular complexity index is 528. The topological polar surface area (TPSA) is 32.3 Å². The summed E-state index contributed by atoms with van der Waals surface area (Å²) in [6.07, 6.45) is 5.94. The summed E-state index contributed by atoms with van der Waals surface area (Å²) < 4.78 is 0. The molecule has 1 saturated carbocycles. The molecule has 3 unspecified atom stereocenters. The molecule has 1 heterocycles. The van der Waals surface area contributed by atoms with Crippen molar-refractivity contribution in [3.05, 3.63) is 29.8 Å². The maximum atomic E-state index is 12.5. The summed E-state index contributed by atoms with van der Waals surface area (Å²) in [7, 11) is 0. The molecule has 1 N–H and O–H groups in total. The first kappa shape index (κ1) is 15.4. The summed E-state index contributed by atoms with van der Waals surface area (Å²) in [5.41, 5.74) is 2.62. The third-order valence-electron chi connectivity index (χ3n) is 5.59. The first-order chi connectivity index (χ1) is 10.6. The lowest BCUT2D eigenvalue weighted by Gasteiger charge is -2.36. The molecule has 0 aromatic heterocycles. The lowest BCUT2D eigenvalue weighted by atomic mass is 9.78. The van der Waals surface area contributed by atoms with Crippen molar-refractivity contribution < 1.29 is 4.79 Å². The van der Waals surface area contributed by atoms with Gasteiger partial charge in [0, 0.05) is 18.3 Å². The van der Waals surface area contributed by atoms with E-state index in [4.69, 9.17) is 0 Å². The van der Waals surface area contributed by atoms with Crippen molar-refractivity contribution in [1.29, 1.82) is 0 Å². The van der Waals surface area contributed by atoms with Crippen LogP contribution < -0.4 is 10.2 Å². The fourth-order valence-corrected chi connectivity index (χ4v) is 3.99. The average molecular weight is 300 g/mol. The lowest BCUT2D eigenvalue weighted by Crippen LogP contribution is -2.48. The van der Waals surface area contributed by atoms with Crippen LogP contribution in [0.4, 0.5) is 5.69 Å². The molecule has 0 bridgehead atoms. The zero-order valence-electron chi connectivity index (χ0n) is 13.8. The zero-order chi connectivity index (χ0) is 15.5. The Morgan fingerprint density at radius 2 is 2.05 bits per heavy atom. The molecule has 1 aromatic rings. The normalized spacial score (nSPS) is 28.1. The number of fused-ring (bicyclic) bond motifs is 1. The van der Waals surface area contributed by atoms with Crippen LogP contribution in [0.5, 0.6) is 0 Å². The molecule has 120 valence electrons. The third kappa shape index (κ3) is 3.29. The van der Waals surface area contributed by atoms with Crippen molar-refractivity contribution in [3.63, 3.8) is 0 Å². The summed E-state index contributed by atoms with van der Waals surface area (Å²) >= 11 is 0. The van der Waals surface area contributed by atoms with Crippen LogP contribution >= 0.6 is 0 Å². The van der Waals surface area contributed by atoms with Gasteiger partial charge in [-0.05, 0) is 42.7 Å². The summed E-state index contributed by atoms with van der Waals surface area (Å²) in [5, 5.41) is 3.30. The summed E-state index contributed by atoms with van der Waals surface area (Å²) in [6.45, 7) is 6.07. The molecular weight excluding hydrogens is 272 g/mol. The van der Waals surface area contributed by atoms with E-state index < -0.39 is 0 Å². The Labute approximate surface area is 134 Å². The minimum absolute atomic E-state index is 0.183. The van der Waals surface area contributed by atoms with Gasteiger partial charge in [0.2, 0.25) is 5.91 Å². The van der Waals surface area contributed by atoms with Gasteiger partial charge in [0.15, 0.2) is 0 Å². The van der Waals surface area contributed by atoms with Gasteiger partial charge in [-0.2, -0.15) is 0 Å². The first-order valence-electron chi connectivity index (χ1n) is 8.77. The van der Waals surface area contributed by atoms with Gasteiger partial charge in [-0.25, -0.2) is 0 Å². The number of anilines is 1. The lowest BCUT2D eigenvalue weighted by molar-refractivity contribution is -0.121. The number of hydrogen-bond acceptors (Lipinski definition) is 2. The van der Waals surface area contributed by atoms with Crippen LogP contribution in [-0.4, -0.2) is 25.0 Å². The number of hydrogen-bond donors (Lipinski definition) is 1. The summed E-state index contributed by atoms with van der Waals surface area (Å²) in [6, 6.07) is 8.85. The molecule has 0 radical (unpaired) electrons. The fraction of sp³-hybridized carbons (Fsp3) is 0.632. The number of amides is 1. The predicted molar refractivity (Wildman–Crippen MR) is 91.1 cm³/mol. The number of nitrogens with zero attached hydrogens (tertiary/aromatic N) is 1. The number of carbonyl (C=O) groups is 1. The van der Waals surface area contributed by atoms with Crippen molar-refractivity contribution in [2.24, 2.45) is 11.8 Å². The summed E-state index contributed by atoms with van der Waals surface area (Å²) in [4.78, 5) is 14.7. The quantitative estimate of drug-likeness (QED) is 0.928. The molecule has 1 aromatic carbocycles. The molecule has 3 atom stereocenters. The van der Waals surface area contributed by atoms with Crippen LogP contribution in [0.1, 0.15) is 45.1 Å². The van der Waals surface area contributed by atoms with Crippen molar-refractivity contribution in [3.8, 4) is 0 Å². The van der Waals surface area contributed by atoms with Crippen LogP contribution in [0.3, 0.4) is 0 Å². The number of carbonyl (C=O) groups excluding carboxylic acids is 1. The standard InChI is InChI=1S/C19H28N2O/c1-14-7-5-10-17(15(14)2)20-19(22)13-21-12-6-9-16-8-3-4-11-18(16)21/h3-4,8,11,14-15,17H,5-7,9-10,12-13H2,1-2H3,(H,20,22). The van der Waals surface area contributed by atoms with E-state index in [1.807, 2.05) is 0 Å². The molecule has 1 amide bonds. The van der Waals surface area contributed by atoms with Gasteiger partial charge < -0.3 is 10.2 Å². The van der Waals surface area contributed by atoms with E-state index in [-0.39, 0.29) is 5.91 Å². The highest BCUT2D eigenvalue weighted by molar-refractivity contribution is 5.82. The van der Waals surface area contributed by atoms with Gasteiger partial charge >= 0.3 is 0 Å². The molecule has 0 saturated heterocycles. The third-order valence-corrected chi connectivity index (χ3v) is 5.59. The van der Waals surface area contributed by atoms with E-state index in [1.165, 1.54) is 24.1 Å². The Morgan fingerprint density at radius 1 is 1.23 bits per heavy atom. The number of nitrogens with one attached hydrogen (secondary N) is 1. The summed E-state index contributed by atoms with van der Waals surface area (Å²) in [5.74, 6) is 1.49. The number of aryl methyl sites for hydroxylation is 1. The van der Waals surface area contributed by atoms with Crippen LogP contribution in [0.25, 0.3) is 0 Å². The van der Waals surface area contributed by atoms with Gasteiger partial charge in [0.05, 0.1) is 6.54 Å². The highest BCUT2D eigenvalue weighted by Gasteiger charge is 2.28. The van der Waals surface area contributed by atoms with E-state index >= 15 is 0 Å². The van der Waals surface area contributed by atoms with Crippen molar-refractivity contribution in [2.45, 2.75) is 52.0 Å². The Morgan fingerprint density at radius 3 is 2.91 bits per heavy atom. The van der Waals surface area contributed by atoms with Crippen molar-refractivity contribution in [2.75, 3.05) is 18.0 Å². The fourth-order valence-electron chi connectivity index (χ4n) is 3.99. The van der Waals surface area contributed by atoms with Crippen LogP contribution in [0.15, 0.2) is 24.3 Å². The largest absolute Gasteiger partial charge is 0.362 e. The maximum Gasteiger partial charge on any atom is 0.239 e. The van der Waals surface area contributed by atoms with E-state index in [0.717, 1.165) is 31.7 Å². The van der Waals surface area contributed by atoms with Crippen LogP contribution in [0, 0.1) is 11.8 Å². The van der Waals surface area contributed by atoms with Gasteiger partial charge in [-0.15, -0.1) is 0 Å². The van der Waals surface area contributed by atoms with Gasteiger partial charge in [-0.1, -0.05) is 44.9 Å². The Hall–Kier alpha value is -1.51. The molecule has 1 aliphatic heterocycles. The van der Waals surface area contributed by atoms with Crippen LogP contribution in [-0.2, 0) is 11.2 Å². The minimum atomic E-state index is 0.183. The molecule has 3 rings (SSSR count). The molecule has 2 aliphatic rings. The minimum Gasteiger partial charge on any atom is -0.362 e. The molecule has 3 nitrogen and oxygen atoms in total. The molecule has 1 aliphatic carbocycles. The smallest absolute Gasteiger partial charge is 0.239 e. The Balaban J connectivity index is 1.61. The molecule has 22 heavy (non-hydrogen) atoms. The highest BCUT2D eigenvalue weighted by Crippen LogP contribution is 2.30. The maximum absolute atomic E-state index is 12.5. The molecular formula is C19H28N2O. The van der Waals surface area contributed by atoms with Gasteiger partial charge in [0.1, 0.15) is 0 Å². The first-order valence-corrected chi connectivity index (χ1v) is 8.77. The zero-order valence-corrected chi connectivity index (χ0v) is 13.8. The van der Waals surface area contributed by atoms with Crippen molar-refractivity contribution >= 4 is 11.6 Å². The van der Waals surface area contributed by atoms with Gasteiger partial charge in [-0.3, -0.25) is 4.79 Å². The second-order valence-corrected chi connectivity index (χ2v) is 7.10. The monoisotopic (exact) mass is 300 g/mol. The molecule has 3 heteroatoms. The number of para-hydroxylation sites is 1. The SMILES string of the molecule is CC1CCCC(NC(=O)CN2CCCc3ccccc32)C1C. The number of rotatable bonds is 3. The van der Waals surface area contributed by atoms with E-state index in [2.05, 4.69) is 48.3 Å². The second-order valence-electron chi connectivity index (χ2n) is 7.10. The Kier molecular flexibility index (Phi) is 4.70. The molecule has 0 spiro atoms. The average Bonchev–Trinajstić information content (AvgIpc) is 2.52. The number of benzene rings is 1. The van der Waals surface area contributed by atoms with E-state index in [9.17, 15) is 4.79 Å². The predicted octanol–water partition coefficient (Wildman–Crippen LogP) is 3.38. The highest BCUT2D eigenvalue weighted by atomic mass is 16.2. The van der Waals surface area contributed by atoms with Crippen LogP contribution in [0.2, 0.25) is 0 Å². The van der Waals surface area contributed by atoms with E-state index in [0.29, 0.717) is 18.5 Å². The molecule has 1 fully saturated rings. The second kappa shape index (κ2) is 6.72.